The second-order valence-corrected chi connectivity index (χ2v) is 7.86. The van der Waals surface area contributed by atoms with Gasteiger partial charge in [0.05, 0.1) is 11.2 Å². The van der Waals surface area contributed by atoms with Crippen LogP contribution in [0.5, 0.6) is 0 Å². The number of hydrogen-bond donors (Lipinski definition) is 0. The number of furan rings is 1. The first-order chi connectivity index (χ1) is 12.5. The molecule has 0 amide bonds. The second-order valence-electron chi connectivity index (χ2n) is 5.92. The summed E-state index contributed by atoms with van der Waals surface area (Å²) in [6.45, 7) is 0.963. The van der Waals surface area contributed by atoms with E-state index in [2.05, 4.69) is 10.2 Å². The van der Waals surface area contributed by atoms with Gasteiger partial charge in [-0.1, -0.05) is 0 Å². The summed E-state index contributed by atoms with van der Waals surface area (Å²) in [6, 6.07) is 5.92. The molecule has 0 atom stereocenters. The quantitative estimate of drug-likeness (QED) is 0.660. The van der Waals surface area contributed by atoms with Crippen molar-refractivity contribution in [2.75, 3.05) is 13.1 Å². The second kappa shape index (κ2) is 6.54. The van der Waals surface area contributed by atoms with E-state index in [0.717, 1.165) is 12.8 Å². The minimum atomic E-state index is -3.61. The first-order valence-corrected chi connectivity index (χ1v) is 9.55. The molecule has 136 valence electrons. The highest BCUT2D eigenvalue weighted by atomic mass is 32.2. The Morgan fingerprint density at radius 2 is 1.92 bits per heavy atom. The van der Waals surface area contributed by atoms with E-state index in [0.29, 0.717) is 18.8 Å². The molecule has 0 spiro atoms. The molecular weight excluding hydrogens is 360 g/mol. The van der Waals surface area contributed by atoms with Crippen molar-refractivity contribution in [3.63, 3.8) is 0 Å². The largest absolute Gasteiger partial charge is 0.459 e. The van der Waals surface area contributed by atoms with Crippen molar-refractivity contribution >= 4 is 10.0 Å². The highest BCUT2D eigenvalue weighted by molar-refractivity contribution is 7.89. The lowest BCUT2D eigenvalue weighted by Crippen LogP contribution is -2.29. The van der Waals surface area contributed by atoms with Crippen LogP contribution < -0.4 is 5.56 Å². The lowest BCUT2D eigenvalue weighted by Gasteiger charge is -2.16. The predicted molar refractivity (Wildman–Crippen MR) is 89.8 cm³/mol. The summed E-state index contributed by atoms with van der Waals surface area (Å²) in [4.78, 5) is 12.2. The molecule has 0 N–H and O–H groups in total. The Bertz CT molecular complexity index is 1060. The average Bonchev–Trinajstić information content (AvgIpc) is 3.39. The predicted octanol–water partition coefficient (Wildman–Crippen LogP) is 1.32. The van der Waals surface area contributed by atoms with Crippen molar-refractivity contribution < 1.29 is 17.3 Å². The molecule has 0 saturated carbocycles. The molecule has 0 unspecified atom stereocenters. The number of aromatic nitrogens is 3. The van der Waals surface area contributed by atoms with Crippen molar-refractivity contribution in [1.29, 1.82) is 0 Å². The zero-order valence-electron chi connectivity index (χ0n) is 13.7. The molecule has 0 radical (unpaired) electrons. The van der Waals surface area contributed by atoms with Crippen molar-refractivity contribution in [3.05, 3.63) is 53.0 Å². The Balaban J connectivity index is 1.62. The molecule has 3 aromatic rings. The number of hydrogen-bond acceptors (Lipinski definition) is 7. The minimum absolute atomic E-state index is 0.0318. The Hall–Kier alpha value is -2.72. The van der Waals surface area contributed by atoms with Gasteiger partial charge in [-0.25, -0.2) is 8.42 Å². The molecule has 0 aliphatic carbocycles. The summed E-state index contributed by atoms with van der Waals surface area (Å²) < 4.78 is 38.6. The van der Waals surface area contributed by atoms with Crippen LogP contribution in [-0.4, -0.2) is 40.6 Å². The number of rotatable bonds is 5. The monoisotopic (exact) mass is 376 g/mol. The van der Waals surface area contributed by atoms with Gasteiger partial charge in [0.2, 0.25) is 15.9 Å². The highest BCUT2D eigenvalue weighted by Crippen LogP contribution is 2.21. The Morgan fingerprint density at radius 3 is 2.65 bits per heavy atom. The van der Waals surface area contributed by atoms with Gasteiger partial charge in [0.25, 0.3) is 11.4 Å². The molecule has 1 fully saturated rings. The van der Waals surface area contributed by atoms with Gasteiger partial charge in [0, 0.05) is 25.4 Å². The van der Waals surface area contributed by atoms with Gasteiger partial charge in [0.1, 0.15) is 6.54 Å². The van der Waals surface area contributed by atoms with Gasteiger partial charge in [0.15, 0.2) is 5.76 Å². The lowest BCUT2D eigenvalue weighted by molar-refractivity contribution is 0.461. The van der Waals surface area contributed by atoms with Crippen molar-refractivity contribution in [1.82, 2.24) is 19.1 Å². The van der Waals surface area contributed by atoms with E-state index in [1.807, 2.05) is 0 Å². The summed E-state index contributed by atoms with van der Waals surface area (Å²) in [5.41, 5.74) is -0.358. The third kappa shape index (κ3) is 3.08. The normalized spacial score (nSPS) is 15.5. The number of nitrogens with zero attached hydrogens (tertiary/aromatic N) is 4. The first-order valence-electron chi connectivity index (χ1n) is 8.11. The third-order valence-corrected chi connectivity index (χ3v) is 6.05. The third-order valence-electron chi connectivity index (χ3n) is 4.16. The molecule has 4 heterocycles. The van der Waals surface area contributed by atoms with Gasteiger partial charge in [-0.05, 0) is 31.0 Å². The van der Waals surface area contributed by atoms with Gasteiger partial charge in [-0.15, -0.1) is 10.2 Å². The van der Waals surface area contributed by atoms with E-state index >= 15 is 0 Å². The molecule has 26 heavy (non-hydrogen) atoms. The van der Waals surface area contributed by atoms with E-state index in [1.54, 1.807) is 12.1 Å². The van der Waals surface area contributed by atoms with Crippen molar-refractivity contribution in [3.8, 4) is 11.7 Å². The molecule has 10 heteroatoms. The summed E-state index contributed by atoms with van der Waals surface area (Å²) in [5.74, 6) is 0.787. The maximum absolute atomic E-state index is 12.7. The van der Waals surface area contributed by atoms with Crippen molar-refractivity contribution in [2.24, 2.45) is 0 Å². The molecule has 4 rings (SSSR count). The topological polar surface area (TPSA) is 111 Å². The van der Waals surface area contributed by atoms with E-state index < -0.39 is 10.0 Å². The van der Waals surface area contributed by atoms with Gasteiger partial charge < -0.3 is 13.4 Å². The molecule has 0 aromatic carbocycles. The highest BCUT2D eigenvalue weighted by Gasteiger charge is 2.27. The summed E-state index contributed by atoms with van der Waals surface area (Å²) in [7, 11) is -3.61. The van der Waals surface area contributed by atoms with E-state index in [9.17, 15) is 13.2 Å². The number of pyridine rings is 1. The lowest BCUT2D eigenvalue weighted by atomic mass is 10.4. The van der Waals surface area contributed by atoms with Crippen LogP contribution in [0.3, 0.4) is 0 Å². The van der Waals surface area contributed by atoms with Crippen LogP contribution in [-0.2, 0) is 16.6 Å². The Morgan fingerprint density at radius 1 is 1.12 bits per heavy atom. The zero-order valence-corrected chi connectivity index (χ0v) is 14.6. The zero-order chi connectivity index (χ0) is 18.1. The number of sulfonamides is 1. The van der Waals surface area contributed by atoms with E-state index in [-0.39, 0.29) is 28.8 Å². The maximum atomic E-state index is 12.7. The molecule has 0 bridgehead atoms. The molecule has 3 aromatic heterocycles. The Labute approximate surface area is 148 Å². The van der Waals surface area contributed by atoms with Crippen LogP contribution in [0.2, 0.25) is 0 Å². The molecular formula is C16H16N4O5S. The summed E-state index contributed by atoms with van der Waals surface area (Å²) in [6.07, 6.45) is 4.48. The van der Waals surface area contributed by atoms with Crippen LogP contribution >= 0.6 is 0 Å². The SMILES string of the molecule is O=c1ccc(S(=O)(=O)N2CCCC2)cn1Cc1nnc(-c2ccco2)o1. The summed E-state index contributed by atoms with van der Waals surface area (Å²) in [5, 5.41) is 7.75. The molecule has 1 saturated heterocycles. The first kappa shape index (κ1) is 16.7. The van der Waals surface area contributed by atoms with Gasteiger partial charge >= 0.3 is 0 Å². The molecule has 1 aliphatic rings. The maximum Gasteiger partial charge on any atom is 0.283 e. The van der Waals surface area contributed by atoms with Gasteiger partial charge in [-0.2, -0.15) is 4.31 Å². The molecule has 1 aliphatic heterocycles. The van der Waals surface area contributed by atoms with Crippen LogP contribution in [0, 0.1) is 0 Å². The van der Waals surface area contributed by atoms with Crippen LogP contribution in [0.25, 0.3) is 11.7 Å². The minimum Gasteiger partial charge on any atom is -0.459 e. The van der Waals surface area contributed by atoms with Crippen molar-refractivity contribution in [2.45, 2.75) is 24.3 Å². The fourth-order valence-corrected chi connectivity index (χ4v) is 4.36. The van der Waals surface area contributed by atoms with Crippen LogP contribution in [0.1, 0.15) is 18.7 Å². The fourth-order valence-electron chi connectivity index (χ4n) is 2.83. The van der Waals surface area contributed by atoms with Crippen LogP contribution in [0.15, 0.2) is 55.2 Å². The van der Waals surface area contributed by atoms with Gasteiger partial charge in [-0.3, -0.25) is 4.79 Å². The standard InChI is InChI=1S/C16H16N4O5S/c21-15-6-5-12(26(22,23)20-7-1-2-8-20)10-19(15)11-14-17-18-16(25-14)13-4-3-9-24-13/h3-6,9-10H,1-2,7-8,11H2. The van der Waals surface area contributed by atoms with Crippen LogP contribution in [0.4, 0.5) is 0 Å². The summed E-state index contributed by atoms with van der Waals surface area (Å²) >= 11 is 0. The molecule has 9 nitrogen and oxygen atoms in total. The Kier molecular flexibility index (Phi) is 4.21. The smallest absolute Gasteiger partial charge is 0.283 e. The fraction of sp³-hybridized carbons (Fsp3) is 0.312. The average molecular weight is 376 g/mol. The van der Waals surface area contributed by atoms with E-state index in [1.165, 1.54) is 33.5 Å². The van der Waals surface area contributed by atoms with E-state index in [4.69, 9.17) is 8.83 Å².